The van der Waals surface area contributed by atoms with E-state index in [1.54, 1.807) is 32.4 Å². The summed E-state index contributed by atoms with van der Waals surface area (Å²) in [6.07, 6.45) is 2.05. The molecule has 1 aliphatic rings. The summed E-state index contributed by atoms with van der Waals surface area (Å²) >= 11 is 0. The number of benzene rings is 3. The third kappa shape index (κ3) is 4.47. The van der Waals surface area contributed by atoms with Crippen LogP contribution in [0.5, 0.6) is 17.2 Å². The van der Waals surface area contributed by atoms with Crippen LogP contribution in [-0.4, -0.2) is 36.3 Å². The van der Waals surface area contributed by atoms with Crippen molar-refractivity contribution < 1.29 is 19.0 Å². The minimum Gasteiger partial charge on any atom is -0.497 e. The molecule has 7 heteroatoms. The maximum Gasteiger partial charge on any atom is 0.322 e. The molecule has 1 atom stereocenters. The summed E-state index contributed by atoms with van der Waals surface area (Å²) in [6, 6.07) is 25.0. The number of carbonyl (C=O) groups excluding carboxylic acids is 1. The van der Waals surface area contributed by atoms with Gasteiger partial charge in [-0.15, -0.1) is 0 Å². The number of anilines is 1. The maximum atomic E-state index is 13.9. The summed E-state index contributed by atoms with van der Waals surface area (Å²) < 4.78 is 18.6. The summed E-state index contributed by atoms with van der Waals surface area (Å²) in [4.78, 5) is 15.8. The Kier molecular flexibility index (Phi) is 6.54. The summed E-state index contributed by atoms with van der Waals surface area (Å²) in [5.41, 5.74) is 4.70. The molecule has 2 heterocycles. The van der Waals surface area contributed by atoms with E-state index in [2.05, 4.69) is 28.1 Å². The molecule has 1 aromatic heterocycles. The topological polar surface area (TPSA) is 65.0 Å². The Morgan fingerprint density at radius 2 is 1.64 bits per heavy atom. The molecule has 0 radical (unpaired) electrons. The molecule has 4 aromatic rings. The number of carbonyl (C=O) groups is 1. The van der Waals surface area contributed by atoms with Crippen molar-refractivity contribution >= 4 is 11.7 Å². The van der Waals surface area contributed by atoms with Crippen LogP contribution in [0.3, 0.4) is 0 Å². The van der Waals surface area contributed by atoms with Crippen molar-refractivity contribution in [1.29, 1.82) is 0 Å². The second-order valence-corrected chi connectivity index (χ2v) is 8.50. The first-order valence-electron chi connectivity index (χ1n) is 11.9. The molecule has 7 nitrogen and oxygen atoms in total. The number of hydrogen-bond acceptors (Lipinski definition) is 4. The van der Waals surface area contributed by atoms with Gasteiger partial charge in [-0.05, 0) is 48.4 Å². The van der Waals surface area contributed by atoms with E-state index in [1.807, 2.05) is 60.5 Å². The number of urea groups is 1. The van der Waals surface area contributed by atoms with Crippen LogP contribution in [0.1, 0.15) is 29.8 Å². The zero-order chi connectivity index (χ0) is 25.1. The van der Waals surface area contributed by atoms with Gasteiger partial charge in [0.15, 0.2) is 0 Å². The molecule has 0 spiro atoms. The summed E-state index contributed by atoms with van der Waals surface area (Å²) in [7, 11) is 3.17. The second kappa shape index (κ2) is 10.1. The van der Waals surface area contributed by atoms with Crippen molar-refractivity contribution in [3.05, 3.63) is 102 Å². The van der Waals surface area contributed by atoms with E-state index in [-0.39, 0.29) is 12.1 Å². The molecule has 0 saturated carbocycles. The number of nitrogens with zero attached hydrogens (tertiary/aromatic N) is 2. The number of aromatic nitrogens is 1. The second-order valence-electron chi connectivity index (χ2n) is 8.50. The van der Waals surface area contributed by atoms with Gasteiger partial charge in [0.2, 0.25) is 0 Å². The highest BCUT2D eigenvalue weighted by molar-refractivity contribution is 5.90. The number of nitrogens with one attached hydrogen (secondary N) is 1. The Hall–Kier alpha value is -4.39. The van der Waals surface area contributed by atoms with E-state index in [0.29, 0.717) is 30.3 Å². The largest absolute Gasteiger partial charge is 0.497 e. The lowest BCUT2D eigenvalue weighted by Crippen LogP contribution is -2.37. The van der Waals surface area contributed by atoms with Crippen molar-refractivity contribution in [2.24, 2.45) is 0 Å². The number of ether oxygens (including phenoxy) is 3. The SMILES string of the molecule is CCOc1ccc([C@@H]2c3cccn3-c3ccccc3CN2C(=O)Nc2cc(OC)cc(OC)c2)cc1. The van der Waals surface area contributed by atoms with E-state index in [9.17, 15) is 4.79 Å². The molecule has 0 aliphatic carbocycles. The predicted molar refractivity (Wildman–Crippen MR) is 139 cm³/mol. The van der Waals surface area contributed by atoms with Gasteiger partial charge in [0.1, 0.15) is 17.2 Å². The first kappa shape index (κ1) is 23.4. The Morgan fingerprint density at radius 1 is 0.917 bits per heavy atom. The fraction of sp³-hybridized carbons (Fsp3) is 0.207. The minimum atomic E-state index is -0.324. The van der Waals surface area contributed by atoms with Crippen molar-refractivity contribution in [3.8, 4) is 22.9 Å². The molecular formula is C29H29N3O4. The molecule has 184 valence electrons. The zero-order valence-corrected chi connectivity index (χ0v) is 20.6. The van der Waals surface area contributed by atoms with E-state index >= 15 is 0 Å². The number of fused-ring (bicyclic) bond motifs is 3. The van der Waals surface area contributed by atoms with Gasteiger partial charge in [-0.3, -0.25) is 0 Å². The van der Waals surface area contributed by atoms with Crippen LogP contribution in [0.2, 0.25) is 0 Å². The highest BCUT2D eigenvalue weighted by atomic mass is 16.5. The number of para-hydroxylation sites is 1. The van der Waals surface area contributed by atoms with Gasteiger partial charge in [0.25, 0.3) is 0 Å². The van der Waals surface area contributed by atoms with Crippen molar-refractivity contribution in [3.63, 3.8) is 0 Å². The lowest BCUT2D eigenvalue weighted by atomic mass is 10.0. The number of amides is 2. The van der Waals surface area contributed by atoms with E-state index in [0.717, 1.165) is 28.3 Å². The lowest BCUT2D eigenvalue weighted by molar-refractivity contribution is 0.194. The third-order valence-electron chi connectivity index (χ3n) is 6.33. The zero-order valence-electron chi connectivity index (χ0n) is 20.6. The standard InChI is InChI=1S/C29H29N3O4/c1-4-36-23-13-11-20(12-14-23)28-27-10-7-15-31(27)26-9-6-5-8-21(26)19-32(28)29(33)30-22-16-24(34-2)18-25(17-22)35-3/h5-18,28H,4,19H2,1-3H3,(H,30,33)/t28-/m1/s1. The Balaban J connectivity index is 1.58. The van der Waals surface area contributed by atoms with Crippen LogP contribution < -0.4 is 19.5 Å². The molecule has 0 saturated heterocycles. The van der Waals surface area contributed by atoms with Gasteiger partial charge in [-0.25, -0.2) is 4.79 Å². The molecule has 5 rings (SSSR count). The Bertz CT molecular complexity index is 1340. The fourth-order valence-corrected chi connectivity index (χ4v) is 4.68. The molecular weight excluding hydrogens is 454 g/mol. The molecule has 2 amide bonds. The predicted octanol–water partition coefficient (Wildman–Crippen LogP) is 6.03. The van der Waals surface area contributed by atoms with Crippen LogP contribution in [0.15, 0.2) is 85.1 Å². The average Bonchev–Trinajstić information content (AvgIpc) is 3.33. The minimum absolute atomic E-state index is 0.228. The number of rotatable bonds is 6. The molecule has 1 aliphatic heterocycles. The van der Waals surface area contributed by atoms with Gasteiger partial charge < -0.3 is 29.0 Å². The summed E-state index contributed by atoms with van der Waals surface area (Å²) in [5, 5.41) is 3.07. The average molecular weight is 484 g/mol. The summed E-state index contributed by atoms with van der Waals surface area (Å²) in [6.45, 7) is 2.99. The smallest absolute Gasteiger partial charge is 0.322 e. The Labute approximate surface area is 210 Å². The van der Waals surface area contributed by atoms with Gasteiger partial charge >= 0.3 is 6.03 Å². The molecule has 3 aromatic carbocycles. The third-order valence-corrected chi connectivity index (χ3v) is 6.33. The highest BCUT2D eigenvalue weighted by Crippen LogP contribution is 2.37. The van der Waals surface area contributed by atoms with Crippen LogP contribution in [0, 0.1) is 0 Å². The first-order chi connectivity index (χ1) is 17.6. The van der Waals surface area contributed by atoms with Crippen molar-refractivity contribution in [1.82, 2.24) is 9.47 Å². The number of hydrogen-bond donors (Lipinski definition) is 1. The number of methoxy groups -OCH3 is 2. The van der Waals surface area contributed by atoms with E-state index in [1.165, 1.54) is 0 Å². The van der Waals surface area contributed by atoms with Crippen molar-refractivity contribution in [2.45, 2.75) is 19.5 Å². The van der Waals surface area contributed by atoms with Gasteiger partial charge in [0, 0.05) is 35.8 Å². The molecule has 36 heavy (non-hydrogen) atoms. The Morgan fingerprint density at radius 3 is 2.33 bits per heavy atom. The first-order valence-corrected chi connectivity index (χ1v) is 11.9. The van der Waals surface area contributed by atoms with Crippen LogP contribution >= 0.6 is 0 Å². The highest BCUT2D eigenvalue weighted by Gasteiger charge is 2.33. The van der Waals surface area contributed by atoms with Crippen LogP contribution in [0.4, 0.5) is 10.5 Å². The van der Waals surface area contributed by atoms with E-state index < -0.39 is 0 Å². The van der Waals surface area contributed by atoms with Crippen LogP contribution in [0.25, 0.3) is 5.69 Å². The molecule has 0 unspecified atom stereocenters. The summed E-state index contributed by atoms with van der Waals surface area (Å²) in [5.74, 6) is 2.00. The van der Waals surface area contributed by atoms with E-state index in [4.69, 9.17) is 14.2 Å². The molecule has 0 fully saturated rings. The molecule has 0 bridgehead atoms. The van der Waals surface area contributed by atoms with Crippen LogP contribution in [-0.2, 0) is 6.54 Å². The molecule has 1 N–H and O–H groups in total. The quantitative estimate of drug-likeness (QED) is 0.364. The normalized spacial score (nSPS) is 14.3. The maximum absolute atomic E-state index is 13.9. The van der Waals surface area contributed by atoms with Gasteiger partial charge in [-0.2, -0.15) is 0 Å². The van der Waals surface area contributed by atoms with Gasteiger partial charge in [-0.1, -0.05) is 30.3 Å². The van der Waals surface area contributed by atoms with Gasteiger partial charge in [0.05, 0.1) is 39.1 Å². The lowest BCUT2D eigenvalue weighted by Gasteiger charge is -2.31. The monoisotopic (exact) mass is 483 g/mol. The van der Waals surface area contributed by atoms with Crippen molar-refractivity contribution in [2.75, 3.05) is 26.1 Å². The fourth-order valence-electron chi connectivity index (χ4n) is 4.68.